The Kier molecular flexibility index (Phi) is 2.49. The van der Waals surface area contributed by atoms with E-state index in [1.807, 2.05) is 18.2 Å². The van der Waals surface area contributed by atoms with E-state index in [2.05, 4.69) is 4.98 Å². The molecule has 1 heterocycles. The zero-order valence-corrected chi connectivity index (χ0v) is 5.82. The van der Waals surface area contributed by atoms with Crippen LogP contribution in [0.5, 0.6) is 0 Å². The summed E-state index contributed by atoms with van der Waals surface area (Å²) in [5.74, 6) is 0. The average Bonchev–Trinajstić information content (AvgIpc) is 2.03. The standard InChI is InChI=1S/C8H9NO/c1-10-6-4-8-3-2-5-9-7-8/h2-7H,1H3/b6-4+. The van der Waals surface area contributed by atoms with Crippen molar-refractivity contribution in [2.45, 2.75) is 0 Å². The van der Waals surface area contributed by atoms with Gasteiger partial charge in [-0.15, -0.1) is 0 Å². The van der Waals surface area contributed by atoms with Crippen LogP contribution in [0.25, 0.3) is 6.08 Å². The SMILES string of the molecule is CO/C=C/c1cccnc1. The fraction of sp³-hybridized carbons (Fsp3) is 0.125. The lowest BCUT2D eigenvalue weighted by Crippen LogP contribution is -1.73. The van der Waals surface area contributed by atoms with Crippen molar-refractivity contribution in [3.8, 4) is 0 Å². The molecular formula is C8H9NO. The number of methoxy groups -OCH3 is 1. The normalized spacial score (nSPS) is 10.1. The summed E-state index contributed by atoms with van der Waals surface area (Å²) in [5, 5.41) is 0. The summed E-state index contributed by atoms with van der Waals surface area (Å²) in [7, 11) is 1.62. The molecule has 0 aliphatic rings. The molecule has 0 amide bonds. The van der Waals surface area contributed by atoms with Crippen molar-refractivity contribution in [2.75, 3.05) is 7.11 Å². The third-order valence-electron chi connectivity index (χ3n) is 1.08. The molecule has 0 saturated carbocycles. The molecule has 0 aromatic carbocycles. The summed E-state index contributed by atoms with van der Waals surface area (Å²) < 4.78 is 4.74. The van der Waals surface area contributed by atoms with Crippen LogP contribution in [-0.4, -0.2) is 12.1 Å². The Hall–Kier alpha value is -1.31. The van der Waals surface area contributed by atoms with Gasteiger partial charge >= 0.3 is 0 Å². The van der Waals surface area contributed by atoms with Gasteiger partial charge in [0.1, 0.15) is 0 Å². The first-order valence-corrected chi connectivity index (χ1v) is 3.03. The van der Waals surface area contributed by atoms with Gasteiger partial charge in [-0.3, -0.25) is 4.98 Å². The second-order valence-corrected chi connectivity index (χ2v) is 1.82. The van der Waals surface area contributed by atoms with Crippen molar-refractivity contribution in [3.05, 3.63) is 36.4 Å². The third-order valence-corrected chi connectivity index (χ3v) is 1.08. The fourth-order valence-electron chi connectivity index (χ4n) is 0.621. The van der Waals surface area contributed by atoms with Crippen molar-refractivity contribution in [3.63, 3.8) is 0 Å². The lowest BCUT2D eigenvalue weighted by molar-refractivity contribution is 0.341. The van der Waals surface area contributed by atoms with E-state index in [-0.39, 0.29) is 0 Å². The summed E-state index contributed by atoms with van der Waals surface area (Å²) >= 11 is 0. The maximum Gasteiger partial charge on any atom is 0.0831 e. The molecule has 0 radical (unpaired) electrons. The van der Waals surface area contributed by atoms with E-state index in [4.69, 9.17) is 4.74 Å². The van der Waals surface area contributed by atoms with E-state index in [0.29, 0.717) is 0 Å². The molecule has 1 aromatic rings. The highest BCUT2D eigenvalue weighted by atomic mass is 16.5. The summed E-state index contributed by atoms with van der Waals surface area (Å²) in [4.78, 5) is 3.93. The van der Waals surface area contributed by atoms with Crippen LogP contribution in [0.3, 0.4) is 0 Å². The monoisotopic (exact) mass is 135 g/mol. The number of hydrogen-bond acceptors (Lipinski definition) is 2. The molecular weight excluding hydrogens is 126 g/mol. The van der Waals surface area contributed by atoms with Gasteiger partial charge in [-0.1, -0.05) is 6.07 Å². The van der Waals surface area contributed by atoms with E-state index >= 15 is 0 Å². The molecule has 0 saturated heterocycles. The van der Waals surface area contributed by atoms with E-state index in [0.717, 1.165) is 5.56 Å². The summed E-state index contributed by atoms with van der Waals surface area (Å²) in [6, 6.07) is 3.85. The maximum absolute atomic E-state index is 4.74. The van der Waals surface area contributed by atoms with E-state index < -0.39 is 0 Å². The summed E-state index contributed by atoms with van der Waals surface area (Å²) in [5.41, 5.74) is 1.05. The van der Waals surface area contributed by atoms with E-state index in [9.17, 15) is 0 Å². The van der Waals surface area contributed by atoms with Crippen LogP contribution < -0.4 is 0 Å². The summed E-state index contributed by atoms with van der Waals surface area (Å²) in [6.45, 7) is 0. The van der Waals surface area contributed by atoms with Gasteiger partial charge in [0.2, 0.25) is 0 Å². The average molecular weight is 135 g/mol. The molecule has 52 valence electrons. The van der Waals surface area contributed by atoms with Crippen molar-refractivity contribution in [1.29, 1.82) is 0 Å². The Morgan fingerprint density at radius 1 is 1.60 bits per heavy atom. The van der Waals surface area contributed by atoms with Gasteiger partial charge in [-0.05, 0) is 17.7 Å². The molecule has 0 unspecified atom stereocenters. The highest BCUT2D eigenvalue weighted by molar-refractivity contribution is 5.45. The molecule has 1 rings (SSSR count). The van der Waals surface area contributed by atoms with E-state index in [1.165, 1.54) is 0 Å². The second-order valence-electron chi connectivity index (χ2n) is 1.82. The minimum absolute atomic E-state index is 1.05. The smallest absolute Gasteiger partial charge is 0.0831 e. The van der Waals surface area contributed by atoms with Crippen LogP contribution in [0.1, 0.15) is 5.56 Å². The molecule has 0 aliphatic carbocycles. The van der Waals surface area contributed by atoms with Gasteiger partial charge in [0.25, 0.3) is 0 Å². The first-order valence-electron chi connectivity index (χ1n) is 3.03. The number of rotatable bonds is 2. The quantitative estimate of drug-likeness (QED) is 0.576. The summed E-state index contributed by atoms with van der Waals surface area (Å²) in [6.07, 6.45) is 6.99. The van der Waals surface area contributed by atoms with Crippen LogP contribution in [0.15, 0.2) is 30.8 Å². The zero-order valence-electron chi connectivity index (χ0n) is 5.82. The molecule has 0 N–H and O–H groups in total. The number of hydrogen-bond donors (Lipinski definition) is 0. The molecule has 0 aliphatic heterocycles. The Morgan fingerprint density at radius 3 is 3.10 bits per heavy atom. The van der Waals surface area contributed by atoms with Crippen LogP contribution >= 0.6 is 0 Å². The van der Waals surface area contributed by atoms with Crippen molar-refractivity contribution in [2.24, 2.45) is 0 Å². The van der Waals surface area contributed by atoms with Gasteiger partial charge in [0, 0.05) is 12.4 Å². The molecule has 2 heteroatoms. The van der Waals surface area contributed by atoms with Crippen molar-refractivity contribution >= 4 is 6.08 Å². The van der Waals surface area contributed by atoms with Gasteiger partial charge < -0.3 is 4.74 Å². The first-order chi connectivity index (χ1) is 4.93. The van der Waals surface area contributed by atoms with Crippen molar-refractivity contribution < 1.29 is 4.74 Å². The van der Waals surface area contributed by atoms with E-state index in [1.54, 1.807) is 25.8 Å². The molecule has 1 aromatic heterocycles. The third kappa shape index (κ3) is 1.90. The van der Waals surface area contributed by atoms with Crippen LogP contribution in [0.2, 0.25) is 0 Å². The van der Waals surface area contributed by atoms with Gasteiger partial charge in [-0.2, -0.15) is 0 Å². The van der Waals surface area contributed by atoms with Gasteiger partial charge in [0.15, 0.2) is 0 Å². The van der Waals surface area contributed by atoms with Crippen LogP contribution in [0.4, 0.5) is 0 Å². The second kappa shape index (κ2) is 3.67. The fourth-order valence-corrected chi connectivity index (χ4v) is 0.621. The topological polar surface area (TPSA) is 22.1 Å². The molecule has 10 heavy (non-hydrogen) atoms. The predicted molar refractivity (Wildman–Crippen MR) is 40.3 cm³/mol. The predicted octanol–water partition coefficient (Wildman–Crippen LogP) is 1.70. The molecule has 2 nitrogen and oxygen atoms in total. The Bertz CT molecular complexity index is 206. The lowest BCUT2D eigenvalue weighted by Gasteiger charge is -1.88. The van der Waals surface area contributed by atoms with Gasteiger partial charge in [0.05, 0.1) is 13.4 Å². The molecule has 0 atom stereocenters. The maximum atomic E-state index is 4.74. The highest BCUT2D eigenvalue weighted by Gasteiger charge is 1.80. The number of ether oxygens (including phenoxy) is 1. The number of pyridine rings is 1. The largest absolute Gasteiger partial charge is 0.504 e. The minimum atomic E-state index is 1.05. The van der Waals surface area contributed by atoms with Crippen LogP contribution in [0, 0.1) is 0 Å². The Labute approximate surface area is 60.2 Å². The number of nitrogens with zero attached hydrogens (tertiary/aromatic N) is 1. The first kappa shape index (κ1) is 6.81. The van der Waals surface area contributed by atoms with Crippen LogP contribution in [-0.2, 0) is 4.74 Å². The Balaban J connectivity index is 2.67. The lowest BCUT2D eigenvalue weighted by atomic mass is 10.3. The minimum Gasteiger partial charge on any atom is -0.504 e. The number of aromatic nitrogens is 1. The molecule has 0 fully saturated rings. The highest BCUT2D eigenvalue weighted by Crippen LogP contribution is 1.97. The zero-order chi connectivity index (χ0) is 7.23. The molecule has 0 spiro atoms. The Morgan fingerprint density at radius 2 is 2.50 bits per heavy atom. The molecule has 0 bridgehead atoms. The van der Waals surface area contributed by atoms with Crippen molar-refractivity contribution in [1.82, 2.24) is 4.98 Å². The van der Waals surface area contributed by atoms with Gasteiger partial charge in [-0.25, -0.2) is 0 Å².